The fourth-order valence-electron chi connectivity index (χ4n) is 1.96. The summed E-state index contributed by atoms with van der Waals surface area (Å²) in [6.45, 7) is 2.56. The Kier molecular flexibility index (Phi) is 5.95. The predicted octanol–water partition coefficient (Wildman–Crippen LogP) is 2.61. The van der Waals surface area contributed by atoms with E-state index in [0.29, 0.717) is 5.56 Å². The summed E-state index contributed by atoms with van der Waals surface area (Å²) in [5.74, 6) is -0.325. The van der Waals surface area contributed by atoms with Crippen molar-refractivity contribution in [2.75, 3.05) is 13.7 Å². The number of esters is 1. The minimum absolute atomic E-state index is 0.325. The van der Waals surface area contributed by atoms with Crippen LogP contribution in [0.15, 0.2) is 41.1 Å². The number of nitrogens with zero attached hydrogens (tertiary/aromatic N) is 2. The molecule has 0 unspecified atom stereocenters. The molecule has 0 atom stereocenters. The highest BCUT2D eigenvalue weighted by Crippen LogP contribution is 2.19. The number of nitrogens with one attached hydrogen (secondary N) is 1. The average Bonchev–Trinajstić information content (AvgIpc) is 3.00. The molecule has 21 heavy (non-hydrogen) atoms. The number of halogens is 1. The van der Waals surface area contributed by atoms with E-state index >= 15 is 0 Å². The van der Waals surface area contributed by atoms with Gasteiger partial charge in [0.1, 0.15) is 0 Å². The van der Waals surface area contributed by atoms with Crippen LogP contribution in [0.3, 0.4) is 0 Å². The van der Waals surface area contributed by atoms with Crippen molar-refractivity contribution in [2.45, 2.75) is 19.5 Å². The Morgan fingerprint density at radius 1 is 1.48 bits per heavy atom. The lowest BCUT2D eigenvalue weighted by atomic mass is 10.1. The van der Waals surface area contributed by atoms with E-state index in [9.17, 15) is 4.79 Å². The van der Waals surface area contributed by atoms with Crippen LogP contribution in [0.1, 0.15) is 22.3 Å². The summed E-state index contributed by atoms with van der Waals surface area (Å²) >= 11 is 3.48. The van der Waals surface area contributed by atoms with E-state index in [1.165, 1.54) is 7.11 Å². The molecule has 6 heteroatoms. The topological polar surface area (TPSA) is 56.1 Å². The van der Waals surface area contributed by atoms with Gasteiger partial charge in [0.15, 0.2) is 0 Å². The van der Waals surface area contributed by atoms with Crippen LogP contribution in [-0.4, -0.2) is 29.4 Å². The van der Waals surface area contributed by atoms with Crippen LogP contribution >= 0.6 is 15.9 Å². The monoisotopic (exact) mass is 351 g/mol. The highest BCUT2D eigenvalue weighted by molar-refractivity contribution is 9.10. The first-order valence-electron chi connectivity index (χ1n) is 6.75. The molecular weight excluding hydrogens is 334 g/mol. The third-order valence-electron chi connectivity index (χ3n) is 3.09. The molecule has 0 saturated heterocycles. The maximum absolute atomic E-state index is 11.4. The molecule has 5 nitrogen and oxygen atoms in total. The van der Waals surface area contributed by atoms with Gasteiger partial charge in [0.25, 0.3) is 0 Å². The summed E-state index contributed by atoms with van der Waals surface area (Å²) in [5, 5.41) is 7.54. The van der Waals surface area contributed by atoms with Crippen molar-refractivity contribution in [3.63, 3.8) is 0 Å². The maximum atomic E-state index is 11.4. The summed E-state index contributed by atoms with van der Waals surface area (Å²) in [6.07, 6.45) is 4.76. The summed E-state index contributed by atoms with van der Waals surface area (Å²) in [5.41, 5.74) is 1.66. The van der Waals surface area contributed by atoms with Crippen LogP contribution in [0.25, 0.3) is 0 Å². The minimum Gasteiger partial charge on any atom is -0.465 e. The largest absolute Gasteiger partial charge is 0.465 e. The van der Waals surface area contributed by atoms with E-state index < -0.39 is 0 Å². The number of benzene rings is 1. The predicted molar refractivity (Wildman–Crippen MR) is 84.0 cm³/mol. The van der Waals surface area contributed by atoms with Crippen molar-refractivity contribution in [2.24, 2.45) is 0 Å². The fraction of sp³-hybridized carbons (Fsp3) is 0.333. The van der Waals surface area contributed by atoms with Crippen molar-refractivity contribution in [3.8, 4) is 0 Å². The molecule has 0 bridgehead atoms. The van der Waals surface area contributed by atoms with E-state index in [4.69, 9.17) is 4.74 Å². The number of methoxy groups -OCH3 is 1. The number of rotatable bonds is 7. The van der Waals surface area contributed by atoms with Gasteiger partial charge in [-0.15, -0.1) is 0 Å². The number of carbonyl (C=O) groups is 1. The Hall–Kier alpha value is -1.66. The van der Waals surface area contributed by atoms with Gasteiger partial charge in [0.05, 0.1) is 12.7 Å². The molecule has 112 valence electrons. The second kappa shape index (κ2) is 7.95. The molecule has 0 spiro atoms. The van der Waals surface area contributed by atoms with Crippen LogP contribution in [-0.2, 0) is 17.8 Å². The molecule has 0 aliphatic heterocycles. The van der Waals surface area contributed by atoms with E-state index in [0.717, 1.165) is 36.1 Å². The summed E-state index contributed by atoms with van der Waals surface area (Å²) in [6, 6.07) is 7.41. The van der Waals surface area contributed by atoms with Gasteiger partial charge < -0.3 is 10.1 Å². The molecule has 1 aromatic carbocycles. The quantitative estimate of drug-likeness (QED) is 0.615. The van der Waals surface area contributed by atoms with Gasteiger partial charge in [0.2, 0.25) is 0 Å². The number of ether oxygens (including phenoxy) is 1. The number of hydrogen-bond donors (Lipinski definition) is 1. The Labute approximate surface area is 132 Å². The normalized spacial score (nSPS) is 10.6. The van der Waals surface area contributed by atoms with Gasteiger partial charge in [-0.2, -0.15) is 5.10 Å². The lowest BCUT2D eigenvalue weighted by molar-refractivity contribution is 0.0600. The zero-order valence-corrected chi connectivity index (χ0v) is 13.5. The van der Waals surface area contributed by atoms with Gasteiger partial charge in [-0.05, 0) is 36.7 Å². The van der Waals surface area contributed by atoms with E-state index in [1.807, 2.05) is 23.0 Å². The Morgan fingerprint density at radius 3 is 3.00 bits per heavy atom. The molecule has 0 aliphatic rings. The minimum atomic E-state index is -0.325. The molecule has 0 saturated carbocycles. The second-order valence-corrected chi connectivity index (χ2v) is 5.45. The molecule has 2 aromatic rings. The molecule has 0 radical (unpaired) electrons. The summed E-state index contributed by atoms with van der Waals surface area (Å²) < 4.78 is 7.52. The number of aryl methyl sites for hydroxylation is 1. The van der Waals surface area contributed by atoms with Crippen LogP contribution in [0.2, 0.25) is 0 Å². The fourth-order valence-corrected chi connectivity index (χ4v) is 2.48. The SMILES string of the molecule is COC(=O)c1ccc(CNCCCn2cccn2)c(Br)c1. The summed E-state index contributed by atoms with van der Waals surface area (Å²) in [7, 11) is 1.38. The van der Waals surface area contributed by atoms with E-state index in [2.05, 4.69) is 26.3 Å². The highest BCUT2D eigenvalue weighted by Gasteiger charge is 2.08. The molecule has 1 aromatic heterocycles. The standard InChI is InChI=1S/C15H18BrN3O2/c1-21-15(20)12-4-5-13(14(16)10-12)11-17-6-2-8-19-9-3-7-18-19/h3-5,7,9-10,17H,2,6,8,11H2,1H3. The lowest BCUT2D eigenvalue weighted by Gasteiger charge is -2.08. The number of hydrogen-bond acceptors (Lipinski definition) is 4. The zero-order valence-electron chi connectivity index (χ0n) is 11.9. The molecule has 1 heterocycles. The number of aromatic nitrogens is 2. The molecule has 1 N–H and O–H groups in total. The van der Waals surface area contributed by atoms with Crippen molar-refractivity contribution in [1.82, 2.24) is 15.1 Å². The van der Waals surface area contributed by atoms with Crippen molar-refractivity contribution in [1.29, 1.82) is 0 Å². The number of carbonyl (C=O) groups excluding carboxylic acids is 1. The average molecular weight is 352 g/mol. The van der Waals surface area contributed by atoms with Crippen LogP contribution in [0.4, 0.5) is 0 Å². The van der Waals surface area contributed by atoms with Gasteiger partial charge in [-0.25, -0.2) is 4.79 Å². The van der Waals surface area contributed by atoms with Gasteiger partial charge in [-0.1, -0.05) is 22.0 Å². The van der Waals surface area contributed by atoms with Crippen molar-refractivity contribution >= 4 is 21.9 Å². The summed E-state index contributed by atoms with van der Waals surface area (Å²) in [4.78, 5) is 11.4. The molecule has 0 aliphatic carbocycles. The third kappa shape index (κ3) is 4.68. The van der Waals surface area contributed by atoms with E-state index in [1.54, 1.807) is 18.3 Å². The zero-order chi connectivity index (χ0) is 15.1. The lowest BCUT2D eigenvalue weighted by Crippen LogP contribution is -2.17. The Morgan fingerprint density at radius 2 is 2.33 bits per heavy atom. The molecule has 0 amide bonds. The van der Waals surface area contributed by atoms with Crippen molar-refractivity contribution < 1.29 is 9.53 Å². The highest BCUT2D eigenvalue weighted by atomic mass is 79.9. The Balaban J connectivity index is 1.76. The van der Waals surface area contributed by atoms with Crippen LogP contribution in [0.5, 0.6) is 0 Å². The second-order valence-electron chi connectivity index (χ2n) is 4.60. The van der Waals surface area contributed by atoms with Crippen LogP contribution < -0.4 is 5.32 Å². The molecule has 2 rings (SSSR count). The maximum Gasteiger partial charge on any atom is 0.337 e. The first kappa shape index (κ1) is 15.7. The van der Waals surface area contributed by atoms with Gasteiger partial charge in [0, 0.05) is 30.0 Å². The van der Waals surface area contributed by atoms with Crippen molar-refractivity contribution in [3.05, 3.63) is 52.3 Å². The van der Waals surface area contributed by atoms with Gasteiger partial charge in [-0.3, -0.25) is 4.68 Å². The molecular formula is C15H18BrN3O2. The van der Waals surface area contributed by atoms with Crippen LogP contribution in [0, 0.1) is 0 Å². The van der Waals surface area contributed by atoms with E-state index in [-0.39, 0.29) is 5.97 Å². The Bertz CT molecular complexity index is 585. The molecule has 0 fully saturated rings. The first-order chi connectivity index (χ1) is 10.2. The first-order valence-corrected chi connectivity index (χ1v) is 7.55. The smallest absolute Gasteiger partial charge is 0.337 e. The van der Waals surface area contributed by atoms with Gasteiger partial charge >= 0.3 is 5.97 Å². The third-order valence-corrected chi connectivity index (χ3v) is 3.83.